The summed E-state index contributed by atoms with van der Waals surface area (Å²) in [5.74, 6) is -2.25. The largest absolute Gasteiger partial charge is 0.492 e. The van der Waals surface area contributed by atoms with Gasteiger partial charge in [-0.15, -0.1) is 5.06 Å². The number of thioether (sulfide) groups is 1. The minimum atomic E-state index is -5.05. The topological polar surface area (TPSA) is 64.4 Å². The number of carbonyl (C=O) groups is 2. The molecule has 1 aliphatic heterocycles. The van der Waals surface area contributed by atoms with Crippen LogP contribution in [0.3, 0.4) is 0 Å². The first-order valence-electron chi connectivity index (χ1n) is 7.48. The average molecular weight is 377 g/mol. The van der Waals surface area contributed by atoms with Crippen LogP contribution in [0.2, 0.25) is 0 Å². The lowest BCUT2D eigenvalue weighted by atomic mass is 10.0. The van der Waals surface area contributed by atoms with Crippen LogP contribution in [0.25, 0.3) is 6.08 Å². The fourth-order valence-electron chi connectivity index (χ4n) is 2.51. The summed E-state index contributed by atoms with van der Waals surface area (Å²) < 4.78 is 38.8. The van der Waals surface area contributed by atoms with Crippen molar-refractivity contribution in [2.24, 2.45) is 7.05 Å². The van der Waals surface area contributed by atoms with Crippen LogP contribution in [0.1, 0.15) is 24.7 Å². The van der Waals surface area contributed by atoms with Gasteiger partial charge in [-0.1, -0.05) is 11.8 Å². The van der Waals surface area contributed by atoms with E-state index in [9.17, 15) is 22.8 Å². The standard InChI is InChI=1S/C15H18F3N3O3S/c1-9-6-12(20(3)19-9)7-11-8-21(24-14(23)15(16,17)18)5-4-13(11)25-10(2)22/h6-7,13H,4-5,8H2,1-3H3/b11-7+. The van der Waals surface area contributed by atoms with Gasteiger partial charge in [-0.05, 0) is 31.1 Å². The number of aryl methyl sites for hydroxylation is 2. The molecule has 6 nitrogen and oxygen atoms in total. The molecule has 1 atom stereocenters. The fraction of sp³-hybridized carbons (Fsp3) is 0.533. The lowest BCUT2D eigenvalue weighted by Crippen LogP contribution is -2.41. The Hall–Kier alpha value is -1.81. The van der Waals surface area contributed by atoms with Gasteiger partial charge in [-0.2, -0.15) is 18.3 Å². The van der Waals surface area contributed by atoms with Crippen LogP contribution in [-0.2, 0) is 21.5 Å². The van der Waals surface area contributed by atoms with E-state index in [-0.39, 0.29) is 23.5 Å². The molecule has 0 spiro atoms. The second kappa shape index (κ2) is 7.61. The van der Waals surface area contributed by atoms with E-state index in [4.69, 9.17) is 0 Å². The number of rotatable bonds is 3. The van der Waals surface area contributed by atoms with Crippen LogP contribution in [0.4, 0.5) is 13.2 Å². The van der Waals surface area contributed by atoms with Gasteiger partial charge in [0.05, 0.1) is 17.9 Å². The lowest BCUT2D eigenvalue weighted by molar-refractivity contribution is -0.238. The van der Waals surface area contributed by atoms with Gasteiger partial charge in [0.2, 0.25) is 0 Å². The minimum absolute atomic E-state index is 0.00298. The zero-order valence-corrected chi connectivity index (χ0v) is 14.8. The SMILES string of the molecule is CC(=O)SC1CCN(OC(=O)C(F)(F)F)C/C1=C\c1cc(C)nn1C. The van der Waals surface area contributed by atoms with Crippen molar-refractivity contribution in [2.45, 2.75) is 31.7 Å². The average Bonchev–Trinajstić information content (AvgIpc) is 2.78. The molecule has 0 aromatic carbocycles. The number of halogens is 3. The molecule has 1 aliphatic rings. The molecule has 1 fully saturated rings. The molecule has 1 saturated heterocycles. The highest BCUT2D eigenvalue weighted by Gasteiger charge is 2.43. The van der Waals surface area contributed by atoms with Crippen molar-refractivity contribution in [3.05, 3.63) is 23.0 Å². The Morgan fingerprint density at radius 1 is 1.44 bits per heavy atom. The predicted molar refractivity (Wildman–Crippen MR) is 86.3 cm³/mol. The van der Waals surface area contributed by atoms with E-state index in [1.165, 1.54) is 6.92 Å². The Balaban J connectivity index is 2.21. The van der Waals surface area contributed by atoms with Crippen molar-refractivity contribution in [3.63, 3.8) is 0 Å². The van der Waals surface area contributed by atoms with Crippen molar-refractivity contribution in [3.8, 4) is 0 Å². The fourth-order valence-corrected chi connectivity index (χ4v) is 3.43. The molecule has 10 heteroatoms. The van der Waals surface area contributed by atoms with Gasteiger partial charge in [0.15, 0.2) is 5.12 Å². The van der Waals surface area contributed by atoms with Crippen molar-refractivity contribution in [1.82, 2.24) is 14.8 Å². The maximum atomic E-state index is 12.4. The first-order chi connectivity index (χ1) is 11.6. The van der Waals surface area contributed by atoms with E-state index in [2.05, 4.69) is 9.94 Å². The third-order valence-electron chi connectivity index (χ3n) is 3.54. The molecule has 0 saturated carbocycles. The third kappa shape index (κ3) is 5.33. The second-order valence-corrected chi connectivity index (χ2v) is 7.06. The summed E-state index contributed by atoms with van der Waals surface area (Å²) in [6.07, 6.45) is -2.89. The summed E-state index contributed by atoms with van der Waals surface area (Å²) in [7, 11) is 1.75. The molecule has 0 aliphatic carbocycles. The van der Waals surface area contributed by atoms with Gasteiger partial charge in [0, 0.05) is 25.8 Å². The second-order valence-electron chi connectivity index (χ2n) is 5.68. The van der Waals surface area contributed by atoms with E-state index in [0.717, 1.165) is 28.2 Å². The number of alkyl halides is 3. The highest BCUT2D eigenvalue weighted by atomic mass is 32.2. The maximum absolute atomic E-state index is 12.4. The summed E-state index contributed by atoms with van der Waals surface area (Å²) >= 11 is 1.12. The zero-order valence-electron chi connectivity index (χ0n) is 14.0. The molecule has 138 valence electrons. The Morgan fingerprint density at radius 2 is 2.12 bits per heavy atom. The molecule has 0 bridgehead atoms. The van der Waals surface area contributed by atoms with Gasteiger partial charge < -0.3 is 4.84 Å². The van der Waals surface area contributed by atoms with Gasteiger partial charge in [-0.25, -0.2) is 4.79 Å². The van der Waals surface area contributed by atoms with Gasteiger partial charge >= 0.3 is 12.1 Å². The van der Waals surface area contributed by atoms with Gasteiger partial charge in [0.25, 0.3) is 0 Å². The molecule has 2 heterocycles. The number of hydroxylamine groups is 2. The van der Waals surface area contributed by atoms with Crippen LogP contribution in [0.15, 0.2) is 11.6 Å². The Morgan fingerprint density at radius 3 is 2.64 bits per heavy atom. The zero-order chi connectivity index (χ0) is 18.8. The molecule has 25 heavy (non-hydrogen) atoms. The highest BCUT2D eigenvalue weighted by molar-refractivity contribution is 8.14. The predicted octanol–water partition coefficient (Wildman–Crippen LogP) is 2.49. The number of aromatic nitrogens is 2. The highest BCUT2D eigenvalue weighted by Crippen LogP contribution is 2.31. The number of hydrogen-bond acceptors (Lipinski definition) is 6. The summed E-state index contributed by atoms with van der Waals surface area (Å²) in [6.45, 7) is 3.38. The molecule has 1 aromatic heterocycles. The number of nitrogens with zero attached hydrogens (tertiary/aromatic N) is 3. The van der Waals surface area contributed by atoms with Crippen LogP contribution in [0.5, 0.6) is 0 Å². The van der Waals surface area contributed by atoms with Crippen LogP contribution < -0.4 is 0 Å². The van der Waals surface area contributed by atoms with Crippen molar-refractivity contribution >= 4 is 28.9 Å². The minimum Gasteiger partial charge on any atom is -0.360 e. The number of piperidine rings is 1. The quantitative estimate of drug-likeness (QED) is 0.807. The molecule has 1 aromatic rings. The number of hydrogen-bond donors (Lipinski definition) is 0. The van der Waals surface area contributed by atoms with Gasteiger partial charge in [0.1, 0.15) is 0 Å². The third-order valence-corrected chi connectivity index (χ3v) is 4.69. The van der Waals surface area contributed by atoms with E-state index in [1.807, 2.05) is 13.0 Å². The first kappa shape index (κ1) is 19.5. The molecular formula is C15H18F3N3O3S. The van der Waals surface area contributed by atoms with E-state index >= 15 is 0 Å². The Bertz CT molecular complexity index is 700. The Labute approximate surface area is 146 Å². The van der Waals surface area contributed by atoms with E-state index < -0.39 is 12.1 Å². The van der Waals surface area contributed by atoms with Gasteiger partial charge in [-0.3, -0.25) is 9.48 Å². The summed E-state index contributed by atoms with van der Waals surface area (Å²) in [6, 6.07) is 1.82. The lowest BCUT2D eigenvalue weighted by Gasteiger charge is -2.32. The normalized spacial score (nSPS) is 20.7. The summed E-state index contributed by atoms with van der Waals surface area (Å²) in [5.41, 5.74) is 2.25. The molecule has 0 amide bonds. The summed E-state index contributed by atoms with van der Waals surface area (Å²) in [4.78, 5) is 26.9. The molecule has 0 N–H and O–H groups in total. The van der Waals surface area contributed by atoms with Crippen molar-refractivity contribution < 1.29 is 27.6 Å². The molecule has 1 unspecified atom stereocenters. The van der Waals surface area contributed by atoms with E-state index in [1.54, 1.807) is 17.8 Å². The van der Waals surface area contributed by atoms with Crippen molar-refractivity contribution in [1.29, 1.82) is 0 Å². The smallest absolute Gasteiger partial charge is 0.360 e. The molecule has 2 rings (SSSR count). The van der Waals surface area contributed by atoms with Crippen LogP contribution in [-0.4, -0.2) is 50.4 Å². The number of carbonyl (C=O) groups excluding carboxylic acids is 2. The monoisotopic (exact) mass is 377 g/mol. The van der Waals surface area contributed by atoms with Crippen LogP contribution in [0, 0.1) is 6.92 Å². The van der Waals surface area contributed by atoms with E-state index in [0.29, 0.717) is 12.0 Å². The summed E-state index contributed by atoms with van der Waals surface area (Å²) in [5, 5.41) is 4.92. The molecule has 0 radical (unpaired) electrons. The van der Waals surface area contributed by atoms with Crippen molar-refractivity contribution in [2.75, 3.05) is 13.1 Å². The maximum Gasteiger partial charge on any atom is 0.492 e. The van der Waals surface area contributed by atoms with Crippen LogP contribution >= 0.6 is 11.8 Å². The molecular weight excluding hydrogens is 359 g/mol. The first-order valence-corrected chi connectivity index (χ1v) is 8.36. The Kier molecular flexibility index (Phi) is 5.94.